The summed E-state index contributed by atoms with van der Waals surface area (Å²) in [4.78, 5) is 35.7. The molecule has 0 amide bonds. The SMILES string of the molecule is CCCCCC/C=C/C=C/CCCCCCCC(=O)O[C@H](COC(=O)CCCCCCCCC/C=C/CCCCCC)COP(=O)(O)OC1C(O)C(O)C(O)[C@@H](O)C1O. The summed E-state index contributed by atoms with van der Waals surface area (Å²) in [6, 6.07) is 0. The molecule has 0 aromatic carbocycles. The van der Waals surface area contributed by atoms with Crippen molar-refractivity contribution in [1.82, 2.24) is 0 Å². The van der Waals surface area contributed by atoms with Gasteiger partial charge < -0.3 is 39.9 Å². The highest BCUT2D eigenvalue weighted by Gasteiger charge is 2.51. The molecule has 0 aliphatic heterocycles. The third-order valence-electron chi connectivity index (χ3n) is 10.5. The molecule has 1 aliphatic rings. The molecule has 1 saturated carbocycles. The van der Waals surface area contributed by atoms with Gasteiger partial charge in [0.15, 0.2) is 6.10 Å². The fourth-order valence-electron chi connectivity index (χ4n) is 6.74. The lowest BCUT2D eigenvalue weighted by atomic mass is 9.85. The molecule has 0 radical (unpaired) electrons. The Morgan fingerprint density at radius 2 is 0.915 bits per heavy atom. The van der Waals surface area contributed by atoms with Crippen molar-refractivity contribution in [3.63, 3.8) is 0 Å². The quantitative estimate of drug-likeness (QED) is 0.0114. The summed E-state index contributed by atoms with van der Waals surface area (Å²) in [6.45, 7) is 3.24. The molecule has 13 nitrogen and oxygen atoms in total. The first kappa shape index (κ1) is 55.1. The summed E-state index contributed by atoms with van der Waals surface area (Å²) in [5.74, 6) is -1.12. The molecule has 1 aliphatic carbocycles. The lowest BCUT2D eigenvalue weighted by Crippen LogP contribution is -2.64. The van der Waals surface area contributed by atoms with Gasteiger partial charge in [-0.3, -0.25) is 18.6 Å². The second-order valence-electron chi connectivity index (χ2n) is 15.9. The number of rotatable bonds is 37. The van der Waals surface area contributed by atoms with Crippen LogP contribution in [0.2, 0.25) is 0 Å². The van der Waals surface area contributed by atoms with Crippen molar-refractivity contribution < 1.29 is 63.1 Å². The van der Waals surface area contributed by atoms with Gasteiger partial charge in [0.25, 0.3) is 0 Å². The number of unbranched alkanes of at least 4 members (excludes halogenated alkanes) is 20. The molecule has 1 rings (SSSR count). The van der Waals surface area contributed by atoms with Crippen LogP contribution in [0, 0.1) is 0 Å². The number of ether oxygens (including phenoxy) is 2. The number of carbonyl (C=O) groups is 2. The van der Waals surface area contributed by atoms with Crippen LogP contribution in [0.5, 0.6) is 0 Å². The van der Waals surface area contributed by atoms with E-state index in [1.165, 1.54) is 70.6 Å². The second-order valence-corrected chi connectivity index (χ2v) is 17.3. The smallest absolute Gasteiger partial charge is 0.462 e. The largest absolute Gasteiger partial charge is 0.472 e. The van der Waals surface area contributed by atoms with Crippen LogP contribution in [0.3, 0.4) is 0 Å². The Bertz CT molecular complexity index is 1180. The van der Waals surface area contributed by atoms with Crippen molar-refractivity contribution in [2.24, 2.45) is 0 Å². The van der Waals surface area contributed by atoms with Crippen LogP contribution >= 0.6 is 7.82 Å². The Morgan fingerprint density at radius 3 is 1.39 bits per heavy atom. The number of hydrogen-bond donors (Lipinski definition) is 6. The van der Waals surface area contributed by atoms with E-state index >= 15 is 0 Å². The maximum absolute atomic E-state index is 12.8. The minimum atomic E-state index is -5.12. The zero-order valence-electron chi connectivity index (χ0n) is 36.3. The van der Waals surface area contributed by atoms with Crippen molar-refractivity contribution in [1.29, 1.82) is 0 Å². The summed E-state index contributed by atoms with van der Waals surface area (Å²) in [5, 5.41) is 50.1. The van der Waals surface area contributed by atoms with Crippen LogP contribution in [0.1, 0.15) is 181 Å². The monoisotopic (exact) mass is 861 g/mol. The van der Waals surface area contributed by atoms with E-state index in [2.05, 4.69) is 50.3 Å². The number of aliphatic hydroxyl groups is 5. The molecule has 59 heavy (non-hydrogen) atoms. The molecule has 6 unspecified atom stereocenters. The first-order chi connectivity index (χ1) is 28.4. The van der Waals surface area contributed by atoms with E-state index in [1.807, 2.05) is 0 Å². The van der Waals surface area contributed by atoms with Gasteiger partial charge in [-0.1, -0.05) is 140 Å². The summed E-state index contributed by atoms with van der Waals surface area (Å²) in [6.07, 6.45) is 26.2. The summed E-state index contributed by atoms with van der Waals surface area (Å²) in [5.41, 5.74) is 0. The minimum absolute atomic E-state index is 0.0784. The van der Waals surface area contributed by atoms with E-state index in [1.54, 1.807) is 0 Å². The van der Waals surface area contributed by atoms with Gasteiger partial charge in [-0.2, -0.15) is 0 Å². The van der Waals surface area contributed by atoms with Crippen molar-refractivity contribution >= 4 is 19.8 Å². The zero-order valence-corrected chi connectivity index (χ0v) is 37.2. The van der Waals surface area contributed by atoms with Gasteiger partial charge in [-0.15, -0.1) is 0 Å². The van der Waals surface area contributed by atoms with Gasteiger partial charge in [-0.05, 0) is 64.2 Å². The first-order valence-electron chi connectivity index (χ1n) is 22.8. The molecule has 0 spiro atoms. The fraction of sp³-hybridized carbons (Fsp3) is 0.822. The van der Waals surface area contributed by atoms with E-state index in [9.17, 15) is 44.6 Å². The predicted molar refractivity (Wildman–Crippen MR) is 230 cm³/mol. The molecule has 0 bridgehead atoms. The normalized spacial score (nSPS) is 22.6. The highest BCUT2D eigenvalue weighted by atomic mass is 31.2. The predicted octanol–water partition coefficient (Wildman–Crippen LogP) is 8.61. The molecular formula is C45H81O13P. The van der Waals surface area contributed by atoms with Gasteiger partial charge in [0.1, 0.15) is 43.2 Å². The molecule has 8 atom stereocenters. The van der Waals surface area contributed by atoms with Crippen molar-refractivity contribution in [3.05, 3.63) is 36.5 Å². The molecule has 344 valence electrons. The highest BCUT2D eigenvalue weighted by Crippen LogP contribution is 2.47. The Balaban J connectivity index is 2.48. The van der Waals surface area contributed by atoms with Crippen molar-refractivity contribution in [2.75, 3.05) is 13.2 Å². The van der Waals surface area contributed by atoms with Crippen molar-refractivity contribution in [3.8, 4) is 0 Å². The lowest BCUT2D eigenvalue weighted by molar-refractivity contribution is -0.220. The van der Waals surface area contributed by atoms with E-state index in [-0.39, 0.29) is 12.8 Å². The van der Waals surface area contributed by atoms with Crippen LogP contribution in [-0.4, -0.2) is 98.3 Å². The number of hydrogen-bond acceptors (Lipinski definition) is 12. The van der Waals surface area contributed by atoms with Gasteiger partial charge in [0.2, 0.25) is 0 Å². The van der Waals surface area contributed by atoms with E-state index in [4.69, 9.17) is 18.5 Å². The molecular weight excluding hydrogens is 779 g/mol. The molecule has 1 fully saturated rings. The van der Waals surface area contributed by atoms with Crippen LogP contribution in [-0.2, 0) is 32.7 Å². The minimum Gasteiger partial charge on any atom is -0.462 e. The number of allylic oxidation sites excluding steroid dienone is 6. The number of esters is 2. The molecule has 6 N–H and O–H groups in total. The summed E-state index contributed by atoms with van der Waals surface area (Å²) in [7, 11) is -5.12. The summed E-state index contributed by atoms with van der Waals surface area (Å²) < 4.78 is 33.5. The van der Waals surface area contributed by atoms with E-state index < -0.39 is 75.7 Å². The average molecular weight is 861 g/mol. The second kappa shape index (κ2) is 35.6. The topological polar surface area (TPSA) is 210 Å². The number of carbonyl (C=O) groups excluding carboxylic acids is 2. The Kier molecular flexibility index (Phi) is 33.3. The third kappa shape index (κ3) is 28.3. The lowest BCUT2D eigenvalue weighted by Gasteiger charge is -2.41. The van der Waals surface area contributed by atoms with Crippen LogP contribution in [0.25, 0.3) is 0 Å². The number of aliphatic hydroxyl groups excluding tert-OH is 5. The first-order valence-corrected chi connectivity index (χ1v) is 24.3. The third-order valence-corrected chi connectivity index (χ3v) is 11.5. The fourth-order valence-corrected chi connectivity index (χ4v) is 7.72. The van der Waals surface area contributed by atoms with E-state index in [0.717, 1.165) is 70.6 Å². The maximum Gasteiger partial charge on any atom is 0.472 e. The zero-order chi connectivity index (χ0) is 43.6. The van der Waals surface area contributed by atoms with Crippen LogP contribution in [0.15, 0.2) is 36.5 Å². The van der Waals surface area contributed by atoms with Crippen LogP contribution < -0.4 is 0 Å². The van der Waals surface area contributed by atoms with Crippen LogP contribution in [0.4, 0.5) is 0 Å². The Hall–Kier alpha value is -1.93. The van der Waals surface area contributed by atoms with Gasteiger partial charge in [-0.25, -0.2) is 4.57 Å². The standard InChI is InChI=1S/C45H81O13P/c1-3-5-7-9-11-13-15-17-19-21-23-25-27-29-31-33-38(46)55-35-37(36-56-59(53,54)58-45-43(51)41(49)40(48)42(50)44(45)52)57-39(47)34-32-30-28-26-24-22-20-18-16-14-12-10-8-6-4-2/h13-16,18,20,37,40-45,48-52H,3-12,17,19,21-36H2,1-2H3,(H,53,54)/b15-13+,16-14+,20-18+/t37-,40?,41-,42?,43?,44?,45?/m1/s1. The average Bonchev–Trinajstić information content (AvgIpc) is 3.21. The number of phosphoric ester groups is 1. The van der Waals surface area contributed by atoms with Gasteiger partial charge >= 0.3 is 19.8 Å². The molecule has 0 saturated heterocycles. The van der Waals surface area contributed by atoms with Gasteiger partial charge in [0.05, 0.1) is 6.61 Å². The number of phosphoric acid groups is 1. The van der Waals surface area contributed by atoms with Crippen molar-refractivity contribution in [2.45, 2.75) is 224 Å². The molecule has 0 heterocycles. The Labute approximate surface area is 355 Å². The van der Waals surface area contributed by atoms with E-state index in [0.29, 0.717) is 12.8 Å². The maximum atomic E-state index is 12.8. The molecule has 14 heteroatoms. The van der Waals surface area contributed by atoms with Gasteiger partial charge in [0, 0.05) is 12.8 Å². The molecule has 0 aromatic heterocycles. The Morgan fingerprint density at radius 1 is 0.525 bits per heavy atom. The highest BCUT2D eigenvalue weighted by molar-refractivity contribution is 7.47. The molecule has 0 aromatic rings. The summed E-state index contributed by atoms with van der Waals surface area (Å²) >= 11 is 0.